The molecule has 0 N–H and O–H groups in total. The largest absolute Gasteiger partial charge is 0.481 e. The number of hydrogen-bond donors (Lipinski definition) is 0. The Morgan fingerprint density at radius 1 is 1.00 bits per heavy atom. The summed E-state index contributed by atoms with van der Waals surface area (Å²) in [5, 5.41) is 0.746. The lowest BCUT2D eigenvalue weighted by molar-refractivity contribution is -0.138. The van der Waals surface area contributed by atoms with Crippen LogP contribution in [-0.4, -0.2) is 43.1 Å². The Bertz CT molecular complexity index is 890. The third-order valence-corrected chi connectivity index (χ3v) is 6.32. The summed E-state index contributed by atoms with van der Waals surface area (Å²) in [6.45, 7) is 6.95. The van der Waals surface area contributed by atoms with E-state index in [1.807, 2.05) is 36.1 Å². The van der Waals surface area contributed by atoms with E-state index in [4.69, 9.17) is 16.3 Å². The topological polar surface area (TPSA) is 32.8 Å². The minimum absolute atomic E-state index is 0.0604. The number of nitrogens with zero attached hydrogens (tertiary/aromatic N) is 2. The Kier molecular flexibility index (Phi) is 6.00. The van der Waals surface area contributed by atoms with Gasteiger partial charge in [0.15, 0.2) is 6.10 Å². The van der Waals surface area contributed by atoms with Crippen LogP contribution in [-0.2, 0) is 17.6 Å². The number of piperazine rings is 1. The van der Waals surface area contributed by atoms with Gasteiger partial charge in [0.25, 0.3) is 5.91 Å². The maximum absolute atomic E-state index is 12.9. The predicted molar refractivity (Wildman–Crippen MR) is 118 cm³/mol. The molecule has 4 rings (SSSR count). The number of amides is 1. The van der Waals surface area contributed by atoms with E-state index in [0.29, 0.717) is 13.1 Å². The molecule has 1 aliphatic heterocycles. The zero-order valence-electron chi connectivity index (χ0n) is 17.3. The third kappa shape index (κ3) is 4.53. The number of carbonyl (C=O) groups excluding carboxylic acids is 1. The summed E-state index contributed by atoms with van der Waals surface area (Å²) in [5.41, 5.74) is 5.16. The molecule has 1 saturated heterocycles. The predicted octanol–water partition coefficient (Wildman–Crippen LogP) is 4.64. The number of aryl methyl sites for hydroxylation is 3. The molecule has 2 aromatic carbocycles. The average molecular weight is 413 g/mol. The summed E-state index contributed by atoms with van der Waals surface area (Å²) in [6, 6.07) is 12.3. The highest BCUT2D eigenvalue weighted by atomic mass is 35.5. The first-order valence-electron chi connectivity index (χ1n) is 10.6. The highest BCUT2D eigenvalue weighted by Gasteiger charge is 2.27. The number of halogens is 1. The fraction of sp³-hybridized carbons (Fsp3) is 0.458. The number of ether oxygens (including phenoxy) is 1. The van der Waals surface area contributed by atoms with Crippen molar-refractivity contribution in [1.82, 2.24) is 4.90 Å². The van der Waals surface area contributed by atoms with Crippen LogP contribution in [0.1, 0.15) is 36.5 Å². The van der Waals surface area contributed by atoms with Gasteiger partial charge in [0.2, 0.25) is 0 Å². The quantitative estimate of drug-likeness (QED) is 0.733. The lowest BCUT2D eigenvalue weighted by Crippen LogP contribution is -2.52. The molecule has 2 aromatic rings. The third-order valence-electron chi connectivity index (χ3n) is 6.08. The van der Waals surface area contributed by atoms with Crippen LogP contribution in [0.25, 0.3) is 0 Å². The molecule has 1 amide bonds. The summed E-state index contributed by atoms with van der Waals surface area (Å²) in [6.07, 6.45) is 4.29. The monoisotopic (exact) mass is 412 g/mol. The molecule has 0 saturated carbocycles. The Morgan fingerprint density at radius 2 is 1.72 bits per heavy atom. The van der Waals surface area contributed by atoms with E-state index < -0.39 is 6.10 Å². The van der Waals surface area contributed by atoms with Crippen molar-refractivity contribution in [3.05, 3.63) is 58.1 Å². The average Bonchev–Trinajstić information content (AvgIpc) is 2.75. The molecule has 2 aliphatic rings. The van der Waals surface area contributed by atoms with Gasteiger partial charge in [-0.3, -0.25) is 4.79 Å². The zero-order valence-corrected chi connectivity index (χ0v) is 18.0. The second kappa shape index (κ2) is 8.66. The minimum atomic E-state index is -0.476. The van der Waals surface area contributed by atoms with Crippen LogP contribution >= 0.6 is 11.6 Å². The van der Waals surface area contributed by atoms with E-state index in [1.165, 1.54) is 29.5 Å². The van der Waals surface area contributed by atoms with Crippen molar-refractivity contribution in [2.24, 2.45) is 0 Å². The van der Waals surface area contributed by atoms with Crippen molar-refractivity contribution < 1.29 is 9.53 Å². The van der Waals surface area contributed by atoms with Crippen molar-refractivity contribution in [1.29, 1.82) is 0 Å². The number of benzene rings is 2. The molecule has 1 heterocycles. The van der Waals surface area contributed by atoms with Crippen molar-refractivity contribution in [2.75, 3.05) is 31.1 Å². The van der Waals surface area contributed by atoms with E-state index in [2.05, 4.69) is 24.0 Å². The Balaban J connectivity index is 1.35. The summed E-state index contributed by atoms with van der Waals surface area (Å²) in [4.78, 5) is 17.1. The highest BCUT2D eigenvalue weighted by Crippen LogP contribution is 2.27. The Hall–Kier alpha value is -2.20. The molecule has 0 bridgehead atoms. The molecule has 154 valence electrons. The second-order valence-corrected chi connectivity index (χ2v) is 8.58. The number of anilines is 1. The van der Waals surface area contributed by atoms with Crippen LogP contribution < -0.4 is 9.64 Å². The van der Waals surface area contributed by atoms with E-state index >= 15 is 0 Å². The van der Waals surface area contributed by atoms with Gasteiger partial charge in [-0.15, -0.1) is 0 Å². The van der Waals surface area contributed by atoms with Gasteiger partial charge in [-0.25, -0.2) is 0 Å². The van der Waals surface area contributed by atoms with Gasteiger partial charge < -0.3 is 14.5 Å². The van der Waals surface area contributed by atoms with Crippen LogP contribution in [0.4, 0.5) is 5.69 Å². The lowest BCUT2D eigenvalue weighted by Gasteiger charge is -2.37. The zero-order chi connectivity index (χ0) is 20.4. The molecule has 0 aromatic heterocycles. The van der Waals surface area contributed by atoms with Crippen molar-refractivity contribution in [3.63, 3.8) is 0 Å². The molecule has 0 unspecified atom stereocenters. The number of hydrogen-bond acceptors (Lipinski definition) is 3. The smallest absolute Gasteiger partial charge is 0.263 e. The summed E-state index contributed by atoms with van der Waals surface area (Å²) in [5.74, 6) is 0.866. The Labute approximate surface area is 178 Å². The molecule has 0 radical (unpaired) electrons. The summed E-state index contributed by atoms with van der Waals surface area (Å²) < 4.78 is 6.02. The molecule has 29 heavy (non-hydrogen) atoms. The van der Waals surface area contributed by atoms with Gasteiger partial charge in [-0.1, -0.05) is 23.7 Å². The fourth-order valence-corrected chi connectivity index (χ4v) is 4.55. The standard InChI is InChI=1S/C24H29ClN2O2/c1-17-7-9-21(25)16-23(17)26-11-13-27(14-12-26)24(28)18(2)29-22-10-8-19-5-3-4-6-20(19)15-22/h7-10,15-16,18H,3-6,11-14H2,1-2H3/t18-/m1/s1. The van der Waals surface area contributed by atoms with Crippen molar-refractivity contribution in [2.45, 2.75) is 45.6 Å². The molecular weight excluding hydrogens is 384 g/mol. The first kappa shape index (κ1) is 20.1. The number of carbonyl (C=O) groups is 1. The van der Waals surface area contributed by atoms with Gasteiger partial charge in [0.1, 0.15) is 5.75 Å². The molecule has 1 atom stereocenters. The summed E-state index contributed by atoms with van der Waals surface area (Å²) in [7, 11) is 0. The van der Waals surface area contributed by atoms with Crippen LogP contribution in [0.2, 0.25) is 5.02 Å². The molecule has 5 heteroatoms. The molecule has 0 spiro atoms. The first-order valence-corrected chi connectivity index (χ1v) is 11.0. The van der Waals surface area contributed by atoms with Crippen LogP contribution in [0, 0.1) is 6.92 Å². The SMILES string of the molecule is Cc1ccc(Cl)cc1N1CCN(C(=O)[C@@H](C)Oc2ccc3c(c2)CCCC3)CC1. The Morgan fingerprint density at radius 3 is 2.48 bits per heavy atom. The number of fused-ring (bicyclic) bond motifs is 1. The van der Waals surface area contributed by atoms with Gasteiger partial charge >= 0.3 is 0 Å². The van der Waals surface area contributed by atoms with Crippen LogP contribution in [0.3, 0.4) is 0 Å². The van der Waals surface area contributed by atoms with Gasteiger partial charge in [-0.05, 0) is 80.5 Å². The summed E-state index contributed by atoms with van der Waals surface area (Å²) >= 11 is 6.17. The van der Waals surface area contributed by atoms with E-state index in [-0.39, 0.29) is 5.91 Å². The van der Waals surface area contributed by atoms with Crippen LogP contribution in [0.5, 0.6) is 5.75 Å². The van der Waals surface area contributed by atoms with Gasteiger partial charge in [-0.2, -0.15) is 0 Å². The van der Waals surface area contributed by atoms with E-state index in [9.17, 15) is 4.79 Å². The maximum atomic E-state index is 12.9. The maximum Gasteiger partial charge on any atom is 0.263 e. The van der Waals surface area contributed by atoms with Gasteiger partial charge in [0, 0.05) is 36.9 Å². The highest BCUT2D eigenvalue weighted by molar-refractivity contribution is 6.30. The second-order valence-electron chi connectivity index (χ2n) is 8.14. The van der Waals surface area contributed by atoms with E-state index in [0.717, 1.165) is 42.4 Å². The molecule has 4 nitrogen and oxygen atoms in total. The fourth-order valence-electron chi connectivity index (χ4n) is 4.39. The molecule has 1 aliphatic carbocycles. The lowest BCUT2D eigenvalue weighted by atomic mass is 9.92. The van der Waals surface area contributed by atoms with Crippen molar-refractivity contribution in [3.8, 4) is 5.75 Å². The first-order chi connectivity index (χ1) is 14.0. The van der Waals surface area contributed by atoms with E-state index in [1.54, 1.807) is 0 Å². The molecule has 1 fully saturated rings. The van der Waals surface area contributed by atoms with Crippen LogP contribution in [0.15, 0.2) is 36.4 Å². The van der Waals surface area contributed by atoms with Gasteiger partial charge in [0.05, 0.1) is 0 Å². The van der Waals surface area contributed by atoms with Crippen molar-refractivity contribution >= 4 is 23.2 Å². The number of rotatable bonds is 4. The normalized spacial score (nSPS) is 17.6. The molecular formula is C24H29ClN2O2. The minimum Gasteiger partial charge on any atom is -0.481 e.